The Morgan fingerprint density at radius 2 is 1.67 bits per heavy atom. The first kappa shape index (κ1) is 21.1. The highest BCUT2D eigenvalue weighted by molar-refractivity contribution is 6.25. The Balaban J connectivity index is 0.00000131. The van der Waals surface area contributed by atoms with Gasteiger partial charge in [-0.3, -0.25) is 29.4 Å². The molecule has 4 rings (SSSR count). The molecule has 0 saturated carbocycles. The Morgan fingerprint density at radius 1 is 0.963 bits per heavy atom. The molecule has 3 aliphatic rings. The molecule has 10 heteroatoms. The van der Waals surface area contributed by atoms with E-state index in [0.29, 0.717) is 11.1 Å². The molecule has 2 saturated heterocycles. The first-order valence-electron chi connectivity index (χ1n) is 8.38. The molecule has 0 spiro atoms. The summed E-state index contributed by atoms with van der Waals surface area (Å²) in [5, 5.41) is 5.46. The average molecular weight is 415 g/mol. The van der Waals surface area contributed by atoms with E-state index in [-0.39, 0.29) is 43.6 Å². The van der Waals surface area contributed by atoms with E-state index in [1.54, 1.807) is 12.1 Å². The van der Waals surface area contributed by atoms with Gasteiger partial charge in [0.25, 0.3) is 11.8 Å². The van der Waals surface area contributed by atoms with E-state index in [4.69, 9.17) is 0 Å². The van der Waals surface area contributed by atoms with Crippen molar-refractivity contribution in [1.82, 2.24) is 15.5 Å². The van der Waals surface area contributed by atoms with Gasteiger partial charge < -0.3 is 10.2 Å². The summed E-state index contributed by atoms with van der Waals surface area (Å²) in [6, 6.07) is 4.28. The molecule has 1 atom stereocenters. The molecule has 27 heavy (non-hydrogen) atoms. The van der Waals surface area contributed by atoms with Crippen LogP contribution in [-0.2, 0) is 9.59 Å². The number of nitrogens with zero attached hydrogens (tertiary/aromatic N) is 2. The minimum Gasteiger partial charge on any atom is -0.368 e. The van der Waals surface area contributed by atoms with Crippen LogP contribution in [0.5, 0.6) is 0 Å². The van der Waals surface area contributed by atoms with Crippen molar-refractivity contribution < 1.29 is 19.2 Å². The molecular formula is C17H20Cl2N4O4. The third kappa shape index (κ3) is 3.52. The fourth-order valence-corrected chi connectivity index (χ4v) is 3.67. The quantitative estimate of drug-likeness (QED) is 0.677. The Labute approximate surface area is 168 Å². The second kappa shape index (κ2) is 8.24. The zero-order chi connectivity index (χ0) is 17.6. The van der Waals surface area contributed by atoms with Crippen LogP contribution in [0.1, 0.15) is 33.6 Å². The van der Waals surface area contributed by atoms with E-state index in [1.807, 2.05) is 6.07 Å². The van der Waals surface area contributed by atoms with Crippen LogP contribution in [0.15, 0.2) is 18.2 Å². The van der Waals surface area contributed by atoms with Crippen LogP contribution in [0.3, 0.4) is 0 Å². The van der Waals surface area contributed by atoms with Crippen molar-refractivity contribution in [3.63, 3.8) is 0 Å². The van der Waals surface area contributed by atoms with Crippen LogP contribution in [0.2, 0.25) is 0 Å². The molecule has 3 heterocycles. The lowest BCUT2D eigenvalue weighted by atomic mass is 10.0. The van der Waals surface area contributed by atoms with E-state index in [2.05, 4.69) is 15.5 Å². The molecule has 2 N–H and O–H groups in total. The number of benzene rings is 1. The van der Waals surface area contributed by atoms with Gasteiger partial charge in [0.2, 0.25) is 11.8 Å². The number of piperazine rings is 1. The van der Waals surface area contributed by atoms with Crippen molar-refractivity contribution in [3.05, 3.63) is 29.3 Å². The Morgan fingerprint density at radius 3 is 2.33 bits per heavy atom. The normalized spacial score (nSPS) is 22.0. The molecule has 8 nitrogen and oxygen atoms in total. The van der Waals surface area contributed by atoms with E-state index in [9.17, 15) is 19.2 Å². The summed E-state index contributed by atoms with van der Waals surface area (Å²) in [5.74, 6) is -1.89. The lowest BCUT2D eigenvalue weighted by Gasteiger charge is -2.31. The average Bonchev–Trinajstić information content (AvgIpc) is 2.87. The van der Waals surface area contributed by atoms with Gasteiger partial charge in [-0.2, -0.15) is 0 Å². The van der Waals surface area contributed by atoms with Gasteiger partial charge in [-0.15, -0.1) is 24.8 Å². The lowest BCUT2D eigenvalue weighted by Crippen LogP contribution is -2.54. The third-order valence-corrected chi connectivity index (χ3v) is 4.90. The van der Waals surface area contributed by atoms with Crippen molar-refractivity contribution in [1.29, 1.82) is 0 Å². The molecule has 1 aromatic carbocycles. The van der Waals surface area contributed by atoms with Gasteiger partial charge in [0.05, 0.1) is 16.8 Å². The largest absolute Gasteiger partial charge is 0.368 e. The van der Waals surface area contributed by atoms with Crippen LogP contribution in [0.4, 0.5) is 5.69 Å². The van der Waals surface area contributed by atoms with Gasteiger partial charge in [-0.05, 0) is 18.6 Å². The van der Waals surface area contributed by atoms with Gasteiger partial charge in [0, 0.05) is 32.6 Å². The van der Waals surface area contributed by atoms with E-state index in [0.717, 1.165) is 36.8 Å². The Kier molecular flexibility index (Phi) is 6.46. The van der Waals surface area contributed by atoms with E-state index < -0.39 is 23.8 Å². The molecule has 0 aliphatic carbocycles. The second-order valence-electron chi connectivity index (χ2n) is 6.38. The number of carbonyl (C=O) groups is 4. The number of carbonyl (C=O) groups excluding carboxylic acids is 4. The number of fused-ring (bicyclic) bond motifs is 1. The first-order valence-corrected chi connectivity index (χ1v) is 8.38. The summed E-state index contributed by atoms with van der Waals surface area (Å²) in [7, 11) is 0. The van der Waals surface area contributed by atoms with Gasteiger partial charge in [0.1, 0.15) is 6.04 Å². The smallest absolute Gasteiger partial charge is 0.264 e. The predicted molar refractivity (Wildman–Crippen MR) is 103 cm³/mol. The van der Waals surface area contributed by atoms with Crippen molar-refractivity contribution in [2.45, 2.75) is 18.9 Å². The number of hydrogen-bond acceptors (Lipinski definition) is 6. The Hall–Kier alpha value is -2.16. The molecule has 0 aromatic heterocycles. The number of anilines is 1. The molecule has 3 aliphatic heterocycles. The van der Waals surface area contributed by atoms with Crippen molar-refractivity contribution in [3.8, 4) is 0 Å². The van der Waals surface area contributed by atoms with Gasteiger partial charge in [0.15, 0.2) is 0 Å². The number of rotatable bonds is 2. The molecule has 1 aromatic rings. The van der Waals surface area contributed by atoms with E-state index in [1.165, 1.54) is 0 Å². The SMILES string of the molecule is Cl.Cl.O=C1CCC(N2C(=O)c3cccc(N4CCNCC4)c3C2=O)C(=O)N1. The molecule has 0 bridgehead atoms. The standard InChI is InChI=1S/C17H18N4O4.2ClH/c22-13-5-4-12(15(23)19-13)21-16(24)10-2-1-3-11(14(10)17(21)25)20-8-6-18-7-9-20;;/h1-3,12,18H,4-9H2,(H,19,22,23);2*1H. The number of hydrogen-bond donors (Lipinski definition) is 2. The molecule has 4 amide bonds. The number of amides is 4. The van der Waals surface area contributed by atoms with Crippen molar-refractivity contribution in [2.75, 3.05) is 31.1 Å². The highest BCUT2D eigenvalue weighted by atomic mass is 35.5. The predicted octanol–water partition coefficient (Wildman–Crippen LogP) is 0.341. The number of nitrogens with one attached hydrogen (secondary N) is 2. The van der Waals surface area contributed by atoms with Crippen LogP contribution < -0.4 is 15.5 Å². The molecule has 1 unspecified atom stereocenters. The summed E-state index contributed by atoms with van der Waals surface area (Å²) in [6.45, 7) is 3.11. The number of piperidine rings is 1. The fraction of sp³-hybridized carbons (Fsp3) is 0.412. The lowest BCUT2D eigenvalue weighted by molar-refractivity contribution is -0.136. The van der Waals surface area contributed by atoms with Gasteiger partial charge in [-0.1, -0.05) is 6.07 Å². The monoisotopic (exact) mass is 414 g/mol. The Bertz CT molecular complexity index is 795. The van der Waals surface area contributed by atoms with Crippen molar-refractivity contribution >= 4 is 54.1 Å². The van der Waals surface area contributed by atoms with Crippen LogP contribution in [-0.4, -0.2) is 60.7 Å². The maximum absolute atomic E-state index is 13.0. The van der Waals surface area contributed by atoms with Gasteiger partial charge in [-0.25, -0.2) is 0 Å². The zero-order valence-corrected chi connectivity index (χ0v) is 16.0. The minimum absolute atomic E-state index is 0. The molecule has 146 valence electrons. The molecule has 0 radical (unpaired) electrons. The van der Waals surface area contributed by atoms with Crippen molar-refractivity contribution in [2.24, 2.45) is 0 Å². The topological polar surface area (TPSA) is 98.8 Å². The van der Waals surface area contributed by atoms with Gasteiger partial charge >= 0.3 is 0 Å². The maximum atomic E-state index is 13.0. The first-order chi connectivity index (χ1) is 12.1. The highest BCUT2D eigenvalue weighted by Crippen LogP contribution is 2.34. The number of halogens is 2. The molecule has 2 fully saturated rings. The van der Waals surface area contributed by atoms with Crippen LogP contribution in [0.25, 0.3) is 0 Å². The summed E-state index contributed by atoms with van der Waals surface area (Å²) in [5.41, 5.74) is 1.41. The summed E-state index contributed by atoms with van der Waals surface area (Å²) in [6.07, 6.45) is 0.285. The summed E-state index contributed by atoms with van der Waals surface area (Å²) >= 11 is 0. The number of imide groups is 2. The fourth-order valence-electron chi connectivity index (χ4n) is 3.67. The maximum Gasteiger partial charge on any atom is 0.264 e. The summed E-state index contributed by atoms with van der Waals surface area (Å²) < 4.78 is 0. The third-order valence-electron chi connectivity index (χ3n) is 4.90. The zero-order valence-electron chi connectivity index (χ0n) is 14.4. The minimum atomic E-state index is -0.930. The highest BCUT2D eigenvalue weighted by Gasteiger charge is 2.46. The van der Waals surface area contributed by atoms with Crippen LogP contribution >= 0.6 is 24.8 Å². The summed E-state index contributed by atoms with van der Waals surface area (Å²) in [4.78, 5) is 52.3. The van der Waals surface area contributed by atoms with Crippen LogP contribution in [0, 0.1) is 0 Å². The molecular weight excluding hydrogens is 395 g/mol. The van der Waals surface area contributed by atoms with E-state index >= 15 is 0 Å². The second-order valence-corrected chi connectivity index (χ2v) is 6.38.